The Hall–Kier alpha value is -1.80. The fourth-order valence-corrected chi connectivity index (χ4v) is 3.02. The van der Waals surface area contributed by atoms with Crippen LogP contribution in [0.25, 0.3) is 11.1 Å². The molecule has 22 heavy (non-hydrogen) atoms. The van der Waals surface area contributed by atoms with E-state index in [4.69, 9.17) is 4.74 Å². The smallest absolute Gasteiger partial charge is 0.127 e. The van der Waals surface area contributed by atoms with Gasteiger partial charge in [-0.25, -0.2) is 0 Å². The summed E-state index contributed by atoms with van der Waals surface area (Å²) in [5, 5.41) is 0. The molecule has 1 heterocycles. The third-order valence-electron chi connectivity index (χ3n) is 4.50. The van der Waals surface area contributed by atoms with E-state index in [0.717, 1.165) is 24.7 Å². The van der Waals surface area contributed by atoms with Crippen molar-refractivity contribution < 1.29 is 4.74 Å². The average molecular weight is 294 g/mol. The number of nitrogens with zero attached hydrogens (tertiary/aromatic N) is 1. The maximum Gasteiger partial charge on any atom is 0.127 e. The lowest BCUT2D eigenvalue weighted by molar-refractivity contribution is 0.187. The van der Waals surface area contributed by atoms with Gasteiger partial charge in [0.2, 0.25) is 0 Å². The molecule has 0 unspecified atom stereocenters. The molecule has 0 aromatic heterocycles. The van der Waals surface area contributed by atoms with Crippen molar-refractivity contribution in [3.05, 3.63) is 54.6 Å². The lowest BCUT2D eigenvalue weighted by atomic mass is 9.94. The number of rotatable bonds is 5. The highest BCUT2D eigenvalue weighted by Gasteiger charge is 2.16. The summed E-state index contributed by atoms with van der Waals surface area (Å²) in [7, 11) is 2.21. The lowest BCUT2D eigenvalue weighted by Gasteiger charge is -2.28. The van der Waals surface area contributed by atoms with Gasteiger partial charge in [-0.05, 0) is 68.6 Å². The first-order chi connectivity index (χ1) is 10.8. The molecule has 2 aromatic carbocycles. The molecule has 0 saturated carbocycles. The zero-order valence-corrected chi connectivity index (χ0v) is 13.3. The molecule has 2 aromatic rings. The van der Waals surface area contributed by atoms with Crippen LogP contribution < -0.4 is 4.74 Å². The average Bonchev–Trinajstić information content (AvgIpc) is 2.58. The summed E-state index contributed by atoms with van der Waals surface area (Å²) in [6.07, 6.45) is 3.75. The Morgan fingerprint density at radius 2 is 1.86 bits per heavy atom. The number of piperidine rings is 1. The Kier molecular flexibility index (Phi) is 5.12. The molecule has 1 fully saturated rings. The minimum atomic E-state index is 0.795. The van der Waals surface area contributed by atoms with Crippen molar-refractivity contribution in [1.29, 1.82) is 0 Å². The monoisotopic (exact) mass is 294 g/mol. The number of hydrogen-bond donors (Lipinski definition) is 0. The molecule has 0 atom stereocenters. The van der Waals surface area contributed by atoms with Crippen LogP contribution in [0.15, 0.2) is 48.5 Å². The van der Waals surface area contributed by atoms with Crippen molar-refractivity contribution in [2.24, 2.45) is 5.92 Å². The van der Waals surface area contributed by atoms with Gasteiger partial charge in [-0.1, -0.05) is 36.4 Å². The SMILES string of the molecule is CN1CCC(CCOc2[c]ccc(-c3ccccc3)c2)CC1. The fraction of sp³-hybridized carbons (Fsp3) is 0.400. The van der Waals surface area contributed by atoms with Crippen LogP contribution in [0.4, 0.5) is 0 Å². The highest BCUT2D eigenvalue weighted by molar-refractivity contribution is 5.64. The van der Waals surface area contributed by atoms with Crippen LogP contribution in [0.5, 0.6) is 5.75 Å². The lowest BCUT2D eigenvalue weighted by Crippen LogP contribution is -2.30. The van der Waals surface area contributed by atoms with Gasteiger partial charge in [-0.3, -0.25) is 0 Å². The zero-order valence-electron chi connectivity index (χ0n) is 13.3. The molecule has 1 saturated heterocycles. The van der Waals surface area contributed by atoms with Gasteiger partial charge in [-0.15, -0.1) is 0 Å². The second kappa shape index (κ2) is 7.46. The normalized spacial score (nSPS) is 16.6. The summed E-state index contributed by atoms with van der Waals surface area (Å²) in [5.74, 6) is 1.67. The number of ether oxygens (including phenoxy) is 1. The first kappa shape index (κ1) is 15.1. The predicted molar refractivity (Wildman–Crippen MR) is 91.0 cm³/mol. The molecule has 0 amide bonds. The van der Waals surface area contributed by atoms with Gasteiger partial charge < -0.3 is 9.64 Å². The van der Waals surface area contributed by atoms with E-state index in [2.05, 4.69) is 54.4 Å². The third-order valence-corrected chi connectivity index (χ3v) is 4.50. The van der Waals surface area contributed by atoms with Crippen molar-refractivity contribution in [2.75, 3.05) is 26.7 Å². The van der Waals surface area contributed by atoms with Crippen molar-refractivity contribution in [3.63, 3.8) is 0 Å². The molecule has 0 N–H and O–H groups in total. The van der Waals surface area contributed by atoms with E-state index in [9.17, 15) is 0 Å². The van der Waals surface area contributed by atoms with Crippen LogP contribution in [0, 0.1) is 12.0 Å². The molecule has 2 nitrogen and oxygen atoms in total. The van der Waals surface area contributed by atoms with E-state index in [1.807, 2.05) is 12.1 Å². The van der Waals surface area contributed by atoms with Crippen LogP contribution in [0.2, 0.25) is 0 Å². The highest BCUT2D eigenvalue weighted by atomic mass is 16.5. The summed E-state index contributed by atoms with van der Waals surface area (Å²) < 4.78 is 5.93. The topological polar surface area (TPSA) is 12.5 Å². The summed E-state index contributed by atoms with van der Waals surface area (Å²) in [6, 6.07) is 19.7. The molecule has 1 aliphatic heterocycles. The summed E-state index contributed by atoms with van der Waals surface area (Å²) >= 11 is 0. The van der Waals surface area contributed by atoms with Crippen molar-refractivity contribution in [2.45, 2.75) is 19.3 Å². The van der Waals surface area contributed by atoms with Crippen LogP contribution >= 0.6 is 0 Å². The van der Waals surface area contributed by atoms with Crippen LogP contribution in [-0.2, 0) is 0 Å². The Morgan fingerprint density at radius 3 is 2.64 bits per heavy atom. The minimum Gasteiger partial charge on any atom is -0.493 e. The van der Waals surface area contributed by atoms with Crippen LogP contribution in [0.3, 0.4) is 0 Å². The van der Waals surface area contributed by atoms with Crippen molar-refractivity contribution in [1.82, 2.24) is 4.90 Å². The Morgan fingerprint density at radius 1 is 1.09 bits per heavy atom. The standard InChI is InChI=1S/C20H24NO/c1-21-13-10-17(11-14-21)12-15-22-20-9-5-8-19(16-20)18-6-3-2-4-7-18/h2-8,16-17H,10-15H2,1H3. The maximum atomic E-state index is 5.93. The van der Waals surface area contributed by atoms with Gasteiger partial charge in [-0.2, -0.15) is 0 Å². The van der Waals surface area contributed by atoms with Crippen LogP contribution in [0.1, 0.15) is 19.3 Å². The Balaban J connectivity index is 1.53. The number of likely N-dealkylation sites (tertiary alicyclic amines) is 1. The van der Waals surface area contributed by atoms with Gasteiger partial charge in [0, 0.05) is 6.07 Å². The molecule has 0 spiro atoms. The fourth-order valence-electron chi connectivity index (χ4n) is 3.02. The van der Waals surface area contributed by atoms with E-state index >= 15 is 0 Å². The number of benzene rings is 2. The quantitative estimate of drug-likeness (QED) is 0.817. The van der Waals surface area contributed by atoms with E-state index in [1.54, 1.807) is 0 Å². The third kappa shape index (κ3) is 4.11. The van der Waals surface area contributed by atoms with Crippen molar-refractivity contribution >= 4 is 0 Å². The van der Waals surface area contributed by atoms with Gasteiger partial charge >= 0.3 is 0 Å². The van der Waals surface area contributed by atoms with E-state index < -0.39 is 0 Å². The molecular formula is C20H24NO. The molecule has 0 aliphatic carbocycles. The molecule has 1 aliphatic rings. The van der Waals surface area contributed by atoms with Crippen molar-refractivity contribution in [3.8, 4) is 16.9 Å². The van der Waals surface area contributed by atoms with Crippen LogP contribution in [-0.4, -0.2) is 31.6 Å². The molecule has 115 valence electrons. The molecular weight excluding hydrogens is 270 g/mol. The molecule has 1 radical (unpaired) electrons. The first-order valence-electron chi connectivity index (χ1n) is 8.20. The largest absolute Gasteiger partial charge is 0.493 e. The number of hydrogen-bond acceptors (Lipinski definition) is 2. The van der Waals surface area contributed by atoms with Gasteiger partial charge in [0.1, 0.15) is 5.75 Å². The zero-order chi connectivity index (χ0) is 15.2. The van der Waals surface area contributed by atoms with Gasteiger partial charge in [0.05, 0.1) is 6.61 Å². The molecule has 3 rings (SSSR count). The molecule has 0 bridgehead atoms. The van der Waals surface area contributed by atoms with Gasteiger partial charge in [0.15, 0.2) is 0 Å². The summed E-state index contributed by atoms with van der Waals surface area (Å²) in [4.78, 5) is 2.41. The summed E-state index contributed by atoms with van der Waals surface area (Å²) in [6.45, 7) is 3.24. The van der Waals surface area contributed by atoms with Gasteiger partial charge in [0.25, 0.3) is 0 Å². The highest BCUT2D eigenvalue weighted by Crippen LogP contribution is 2.24. The second-order valence-corrected chi connectivity index (χ2v) is 6.19. The first-order valence-corrected chi connectivity index (χ1v) is 8.20. The minimum absolute atomic E-state index is 0.795. The predicted octanol–water partition coefficient (Wildman–Crippen LogP) is 4.26. The van der Waals surface area contributed by atoms with E-state index in [1.165, 1.54) is 37.1 Å². The second-order valence-electron chi connectivity index (χ2n) is 6.19. The maximum absolute atomic E-state index is 5.93. The Bertz CT molecular complexity index is 573. The van der Waals surface area contributed by atoms with E-state index in [0.29, 0.717) is 0 Å². The summed E-state index contributed by atoms with van der Waals surface area (Å²) in [5.41, 5.74) is 2.41. The molecule has 2 heteroatoms. The Labute approximate surface area is 133 Å². The van der Waals surface area contributed by atoms with E-state index in [-0.39, 0.29) is 0 Å².